The number of carbonyl (C=O) groups is 1. The molecule has 1 saturated carbocycles. The topological polar surface area (TPSA) is 32.3 Å². The van der Waals surface area contributed by atoms with Gasteiger partial charge in [0.05, 0.1) is 6.54 Å². The maximum atomic E-state index is 12.0. The van der Waals surface area contributed by atoms with E-state index in [9.17, 15) is 4.79 Å². The summed E-state index contributed by atoms with van der Waals surface area (Å²) in [7, 11) is 1.81. The molecule has 0 spiro atoms. The van der Waals surface area contributed by atoms with Crippen LogP contribution in [0.5, 0.6) is 0 Å². The third-order valence-electron chi connectivity index (χ3n) is 2.88. The van der Waals surface area contributed by atoms with Gasteiger partial charge in [0, 0.05) is 17.1 Å². The molecule has 17 heavy (non-hydrogen) atoms. The molecule has 2 rings (SSSR count). The second-order valence-corrected chi connectivity index (χ2v) is 5.33. The molecule has 4 heteroatoms. The van der Waals surface area contributed by atoms with Crippen molar-refractivity contribution >= 4 is 21.8 Å². The van der Waals surface area contributed by atoms with Crippen LogP contribution in [0.15, 0.2) is 28.7 Å². The van der Waals surface area contributed by atoms with Crippen molar-refractivity contribution in [3.8, 4) is 0 Å². The summed E-state index contributed by atoms with van der Waals surface area (Å²) in [5.41, 5.74) is 1.18. The molecular formula is C13H17BrN2O. The summed E-state index contributed by atoms with van der Waals surface area (Å²) < 4.78 is 1.06. The van der Waals surface area contributed by atoms with Crippen LogP contribution in [0.2, 0.25) is 0 Å². The third kappa shape index (κ3) is 3.54. The first-order chi connectivity index (χ1) is 8.20. The first-order valence-electron chi connectivity index (χ1n) is 5.89. The Labute approximate surface area is 110 Å². The SMILES string of the molecule is CNCC(=O)N(Cc1cccc(Br)c1)C1CC1. The summed E-state index contributed by atoms with van der Waals surface area (Å²) >= 11 is 3.46. The van der Waals surface area contributed by atoms with Gasteiger partial charge in [-0.1, -0.05) is 28.1 Å². The van der Waals surface area contributed by atoms with E-state index in [2.05, 4.69) is 33.4 Å². The van der Waals surface area contributed by atoms with Gasteiger partial charge >= 0.3 is 0 Å². The van der Waals surface area contributed by atoms with E-state index >= 15 is 0 Å². The molecule has 0 saturated heterocycles. The van der Waals surface area contributed by atoms with Crippen LogP contribution in [0.4, 0.5) is 0 Å². The van der Waals surface area contributed by atoms with Gasteiger partial charge in [0.25, 0.3) is 0 Å². The monoisotopic (exact) mass is 296 g/mol. The highest BCUT2D eigenvalue weighted by Gasteiger charge is 2.31. The summed E-state index contributed by atoms with van der Waals surface area (Å²) in [4.78, 5) is 14.0. The van der Waals surface area contributed by atoms with E-state index in [0.717, 1.165) is 17.3 Å². The van der Waals surface area contributed by atoms with Crippen LogP contribution in [-0.4, -0.2) is 30.4 Å². The lowest BCUT2D eigenvalue weighted by Crippen LogP contribution is -2.38. The average Bonchev–Trinajstić information content (AvgIpc) is 3.10. The van der Waals surface area contributed by atoms with Crippen molar-refractivity contribution in [2.24, 2.45) is 0 Å². The lowest BCUT2D eigenvalue weighted by Gasteiger charge is -2.22. The van der Waals surface area contributed by atoms with Gasteiger partial charge in [-0.05, 0) is 37.6 Å². The molecule has 1 aliphatic carbocycles. The summed E-state index contributed by atoms with van der Waals surface area (Å²) in [6.45, 7) is 1.13. The van der Waals surface area contributed by atoms with Gasteiger partial charge < -0.3 is 10.2 Å². The average molecular weight is 297 g/mol. The number of rotatable bonds is 5. The van der Waals surface area contributed by atoms with Crippen molar-refractivity contribution in [2.45, 2.75) is 25.4 Å². The minimum Gasteiger partial charge on any atom is -0.334 e. The lowest BCUT2D eigenvalue weighted by atomic mass is 10.2. The Morgan fingerprint density at radius 1 is 1.53 bits per heavy atom. The first-order valence-corrected chi connectivity index (χ1v) is 6.68. The Morgan fingerprint density at radius 2 is 2.29 bits per heavy atom. The predicted molar refractivity (Wildman–Crippen MR) is 71.6 cm³/mol. The molecule has 1 amide bonds. The molecule has 0 atom stereocenters. The second kappa shape index (κ2) is 5.65. The summed E-state index contributed by atoms with van der Waals surface area (Å²) in [6, 6.07) is 8.59. The molecular weight excluding hydrogens is 280 g/mol. The molecule has 1 N–H and O–H groups in total. The van der Waals surface area contributed by atoms with Gasteiger partial charge in [0.1, 0.15) is 0 Å². The number of amides is 1. The molecule has 92 valence electrons. The molecule has 0 bridgehead atoms. The van der Waals surface area contributed by atoms with Gasteiger partial charge in [-0.25, -0.2) is 0 Å². The molecule has 1 aromatic carbocycles. The van der Waals surface area contributed by atoms with Gasteiger partial charge in [0.2, 0.25) is 5.91 Å². The Bertz CT molecular complexity index is 404. The van der Waals surface area contributed by atoms with Gasteiger partial charge in [-0.3, -0.25) is 4.79 Å². The lowest BCUT2D eigenvalue weighted by molar-refractivity contribution is -0.131. The fraction of sp³-hybridized carbons (Fsp3) is 0.462. The van der Waals surface area contributed by atoms with Crippen LogP contribution in [0.3, 0.4) is 0 Å². The Hall–Kier alpha value is -0.870. The summed E-state index contributed by atoms with van der Waals surface area (Å²) in [6.07, 6.45) is 2.28. The molecule has 1 aliphatic rings. The van der Waals surface area contributed by atoms with Crippen molar-refractivity contribution < 1.29 is 4.79 Å². The largest absolute Gasteiger partial charge is 0.334 e. The second-order valence-electron chi connectivity index (χ2n) is 4.41. The molecule has 3 nitrogen and oxygen atoms in total. The molecule has 0 heterocycles. The molecule has 0 unspecified atom stereocenters. The van der Waals surface area contributed by atoms with Gasteiger partial charge in [0.15, 0.2) is 0 Å². The third-order valence-corrected chi connectivity index (χ3v) is 3.37. The minimum atomic E-state index is 0.190. The van der Waals surface area contributed by atoms with Gasteiger partial charge in [-0.2, -0.15) is 0 Å². The zero-order chi connectivity index (χ0) is 12.3. The minimum absolute atomic E-state index is 0.190. The molecule has 1 aromatic rings. The van der Waals surface area contributed by atoms with Crippen molar-refractivity contribution in [2.75, 3.05) is 13.6 Å². The normalized spacial score (nSPS) is 14.7. The van der Waals surface area contributed by atoms with Crippen LogP contribution in [-0.2, 0) is 11.3 Å². The number of halogens is 1. The zero-order valence-corrected chi connectivity index (χ0v) is 11.5. The highest BCUT2D eigenvalue weighted by atomic mass is 79.9. The van der Waals surface area contributed by atoms with E-state index in [4.69, 9.17) is 0 Å². The Balaban J connectivity index is 2.05. The number of nitrogens with one attached hydrogen (secondary N) is 1. The maximum Gasteiger partial charge on any atom is 0.237 e. The van der Waals surface area contributed by atoms with E-state index in [-0.39, 0.29) is 5.91 Å². The standard InChI is InChI=1S/C13H17BrN2O/c1-15-8-13(17)16(12-5-6-12)9-10-3-2-4-11(14)7-10/h2-4,7,12,15H,5-6,8-9H2,1H3. The summed E-state index contributed by atoms with van der Waals surface area (Å²) in [5, 5.41) is 2.93. The van der Waals surface area contributed by atoms with Crippen LogP contribution in [0.1, 0.15) is 18.4 Å². The number of benzene rings is 1. The zero-order valence-electron chi connectivity index (χ0n) is 9.95. The van der Waals surface area contributed by atoms with Crippen molar-refractivity contribution in [3.63, 3.8) is 0 Å². The molecule has 1 fully saturated rings. The van der Waals surface area contributed by atoms with Crippen molar-refractivity contribution in [3.05, 3.63) is 34.3 Å². The first kappa shape index (κ1) is 12.6. The quantitative estimate of drug-likeness (QED) is 0.903. The van der Waals surface area contributed by atoms with Crippen LogP contribution in [0.25, 0.3) is 0 Å². The van der Waals surface area contributed by atoms with Crippen LogP contribution >= 0.6 is 15.9 Å². The Morgan fingerprint density at radius 3 is 2.88 bits per heavy atom. The van der Waals surface area contributed by atoms with E-state index in [1.165, 1.54) is 5.56 Å². The van der Waals surface area contributed by atoms with Gasteiger partial charge in [-0.15, -0.1) is 0 Å². The maximum absolute atomic E-state index is 12.0. The van der Waals surface area contributed by atoms with Crippen LogP contribution in [0, 0.1) is 0 Å². The highest BCUT2D eigenvalue weighted by molar-refractivity contribution is 9.10. The Kier molecular flexibility index (Phi) is 4.18. The number of hydrogen-bond donors (Lipinski definition) is 1. The predicted octanol–water partition coefficient (Wildman–Crippen LogP) is 2.16. The fourth-order valence-electron chi connectivity index (χ4n) is 1.89. The van der Waals surface area contributed by atoms with Crippen molar-refractivity contribution in [1.82, 2.24) is 10.2 Å². The van der Waals surface area contributed by atoms with E-state index in [1.807, 2.05) is 24.1 Å². The molecule has 0 aromatic heterocycles. The number of carbonyl (C=O) groups excluding carboxylic acids is 1. The smallest absolute Gasteiger partial charge is 0.237 e. The highest BCUT2D eigenvalue weighted by Crippen LogP contribution is 2.28. The molecule has 0 aliphatic heterocycles. The number of nitrogens with zero attached hydrogens (tertiary/aromatic N) is 1. The van der Waals surface area contributed by atoms with E-state index in [0.29, 0.717) is 19.1 Å². The van der Waals surface area contributed by atoms with E-state index in [1.54, 1.807) is 0 Å². The van der Waals surface area contributed by atoms with E-state index < -0.39 is 0 Å². The van der Waals surface area contributed by atoms with Crippen LogP contribution < -0.4 is 5.32 Å². The summed E-state index contributed by atoms with van der Waals surface area (Å²) in [5.74, 6) is 0.190. The number of hydrogen-bond acceptors (Lipinski definition) is 2. The van der Waals surface area contributed by atoms with Crippen molar-refractivity contribution in [1.29, 1.82) is 0 Å². The number of likely N-dealkylation sites (N-methyl/N-ethyl adjacent to an activating group) is 1. The molecule has 0 radical (unpaired) electrons. The fourth-order valence-corrected chi connectivity index (χ4v) is 2.34.